The number of amides is 1. The molecule has 0 unspecified atom stereocenters. The lowest BCUT2D eigenvalue weighted by molar-refractivity contribution is -0.117. The molecule has 0 fully saturated rings. The molecular formula is C7H13NOS2. The van der Waals surface area contributed by atoms with Crippen LogP contribution in [0.4, 0.5) is 0 Å². The molecule has 0 N–H and O–H groups in total. The van der Waals surface area contributed by atoms with E-state index in [1.54, 1.807) is 0 Å². The minimum atomic E-state index is -0.00815. The van der Waals surface area contributed by atoms with E-state index in [2.05, 4.69) is 4.99 Å². The maximum absolute atomic E-state index is 11.0. The molecule has 0 heterocycles. The van der Waals surface area contributed by atoms with Crippen molar-refractivity contribution in [3.8, 4) is 0 Å². The van der Waals surface area contributed by atoms with Crippen LogP contribution >= 0.6 is 23.5 Å². The Balaban J connectivity index is 3.93. The fourth-order valence-electron chi connectivity index (χ4n) is 0.546. The molecular weight excluding hydrogens is 178 g/mol. The molecule has 0 rings (SSSR count). The normalized spacial score (nSPS) is 9.36. The van der Waals surface area contributed by atoms with Crippen molar-refractivity contribution in [2.24, 2.45) is 4.99 Å². The van der Waals surface area contributed by atoms with Crippen LogP contribution in [0.25, 0.3) is 0 Å². The Morgan fingerprint density at radius 1 is 1.36 bits per heavy atom. The SMILES string of the molecule is CCCC(=O)N=C(SC)SC. The summed E-state index contributed by atoms with van der Waals surface area (Å²) in [6, 6.07) is 0. The third kappa shape index (κ3) is 5.32. The second-order valence-electron chi connectivity index (χ2n) is 1.93. The monoisotopic (exact) mass is 191 g/mol. The van der Waals surface area contributed by atoms with Crippen molar-refractivity contribution in [1.29, 1.82) is 0 Å². The number of carbonyl (C=O) groups is 1. The first kappa shape index (κ1) is 11.0. The molecule has 0 aromatic carbocycles. The second-order valence-corrected chi connectivity index (χ2v) is 3.78. The average molecular weight is 191 g/mol. The molecule has 0 aromatic rings. The van der Waals surface area contributed by atoms with Crippen LogP contribution in [0.3, 0.4) is 0 Å². The summed E-state index contributed by atoms with van der Waals surface area (Å²) >= 11 is 3.03. The highest BCUT2D eigenvalue weighted by molar-refractivity contribution is 8.38. The summed E-state index contributed by atoms with van der Waals surface area (Å²) in [5, 5.41) is 0. The van der Waals surface area contributed by atoms with Crippen LogP contribution in [0.1, 0.15) is 19.8 Å². The number of rotatable bonds is 2. The van der Waals surface area contributed by atoms with Gasteiger partial charge in [-0.05, 0) is 18.9 Å². The van der Waals surface area contributed by atoms with Crippen molar-refractivity contribution in [2.45, 2.75) is 19.8 Å². The van der Waals surface area contributed by atoms with Gasteiger partial charge in [0.05, 0.1) is 0 Å². The van der Waals surface area contributed by atoms with Crippen LogP contribution in [-0.2, 0) is 4.79 Å². The third-order valence-corrected chi connectivity index (χ3v) is 2.91. The van der Waals surface area contributed by atoms with Crippen LogP contribution in [0.15, 0.2) is 4.99 Å². The molecule has 4 heteroatoms. The lowest BCUT2D eigenvalue weighted by Gasteiger charge is -1.95. The Bertz CT molecular complexity index is 151. The summed E-state index contributed by atoms with van der Waals surface area (Å²) in [5.74, 6) is -0.00815. The van der Waals surface area contributed by atoms with E-state index in [0.717, 1.165) is 10.8 Å². The first-order valence-corrected chi connectivity index (χ1v) is 5.89. The van der Waals surface area contributed by atoms with E-state index in [4.69, 9.17) is 0 Å². The molecule has 0 atom stereocenters. The average Bonchev–Trinajstić information content (AvgIpc) is 2.01. The van der Waals surface area contributed by atoms with Gasteiger partial charge >= 0.3 is 0 Å². The highest BCUT2D eigenvalue weighted by atomic mass is 32.2. The van der Waals surface area contributed by atoms with Gasteiger partial charge in [-0.2, -0.15) is 4.99 Å². The predicted octanol–water partition coefficient (Wildman–Crippen LogP) is 2.40. The number of hydrogen-bond donors (Lipinski definition) is 0. The van der Waals surface area contributed by atoms with Crippen molar-refractivity contribution < 1.29 is 4.79 Å². The van der Waals surface area contributed by atoms with Crippen LogP contribution < -0.4 is 0 Å². The Morgan fingerprint density at radius 2 is 1.91 bits per heavy atom. The number of nitrogens with zero attached hydrogens (tertiary/aromatic N) is 1. The van der Waals surface area contributed by atoms with Crippen molar-refractivity contribution >= 4 is 33.8 Å². The van der Waals surface area contributed by atoms with Gasteiger partial charge in [0.2, 0.25) is 5.91 Å². The van der Waals surface area contributed by atoms with Gasteiger partial charge in [-0.25, -0.2) is 0 Å². The quantitative estimate of drug-likeness (QED) is 0.496. The minimum absolute atomic E-state index is 0.00815. The molecule has 0 aromatic heterocycles. The first-order valence-electron chi connectivity index (χ1n) is 3.44. The summed E-state index contributed by atoms with van der Waals surface area (Å²) in [4.78, 5) is 14.9. The smallest absolute Gasteiger partial charge is 0.247 e. The van der Waals surface area contributed by atoms with E-state index < -0.39 is 0 Å². The summed E-state index contributed by atoms with van der Waals surface area (Å²) in [6.07, 6.45) is 5.28. The first-order chi connectivity index (χ1) is 5.24. The van der Waals surface area contributed by atoms with E-state index in [-0.39, 0.29) is 5.91 Å². The van der Waals surface area contributed by atoms with Gasteiger partial charge < -0.3 is 0 Å². The topological polar surface area (TPSA) is 29.4 Å². The molecule has 11 heavy (non-hydrogen) atoms. The molecule has 64 valence electrons. The van der Waals surface area contributed by atoms with Gasteiger partial charge in [0.25, 0.3) is 0 Å². The molecule has 2 nitrogen and oxygen atoms in total. The van der Waals surface area contributed by atoms with Gasteiger partial charge in [0.1, 0.15) is 4.38 Å². The minimum Gasteiger partial charge on any atom is -0.273 e. The van der Waals surface area contributed by atoms with E-state index >= 15 is 0 Å². The maximum Gasteiger partial charge on any atom is 0.247 e. The summed E-state index contributed by atoms with van der Waals surface area (Å²) in [7, 11) is 0. The van der Waals surface area contributed by atoms with Gasteiger partial charge in [0, 0.05) is 6.42 Å². The van der Waals surface area contributed by atoms with E-state index in [0.29, 0.717) is 6.42 Å². The molecule has 0 bridgehead atoms. The number of thioether (sulfide) groups is 2. The van der Waals surface area contributed by atoms with Gasteiger partial charge in [-0.15, -0.1) is 23.5 Å². The van der Waals surface area contributed by atoms with Crippen LogP contribution in [0.5, 0.6) is 0 Å². The van der Waals surface area contributed by atoms with Crippen LogP contribution in [0, 0.1) is 0 Å². The number of aliphatic imine (C=N–C) groups is 1. The lowest BCUT2D eigenvalue weighted by atomic mass is 10.3. The molecule has 0 saturated carbocycles. The largest absolute Gasteiger partial charge is 0.273 e. The van der Waals surface area contributed by atoms with Crippen molar-refractivity contribution in [3.05, 3.63) is 0 Å². The fraction of sp³-hybridized carbons (Fsp3) is 0.714. The lowest BCUT2D eigenvalue weighted by Crippen LogP contribution is -1.95. The maximum atomic E-state index is 11.0. The zero-order valence-electron chi connectivity index (χ0n) is 7.09. The summed E-state index contributed by atoms with van der Waals surface area (Å²) in [6.45, 7) is 1.98. The number of carbonyl (C=O) groups excluding carboxylic acids is 1. The molecule has 0 aliphatic carbocycles. The van der Waals surface area contributed by atoms with Crippen molar-refractivity contribution in [2.75, 3.05) is 12.5 Å². The predicted molar refractivity (Wildman–Crippen MR) is 54.4 cm³/mol. The molecule has 1 amide bonds. The van der Waals surface area contributed by atoms with Crippen LogP contribution in [-0.4, -0.2) is 22.8 Å². The van der Waals surface area contributed by atoms with E-state index in [1.807, 2.05) is 19.4 Å². The molecule has 0 radical (unpaired) electrons. The highest BCUT2D eigenvalue weighted by Crippen LogP contribution is 2.11. The Labute approximate surface area is 76.2 Å². The van der Waals surface area contributed by atoms with Gasteiger partial charge in [-0.3, -0.25) is 4.79 Å². The zero-order valence-corrected chi connectivity index (χ0v) is 8.72. The molecule has 0 aliphatic rings. The van der Waals surface area contributed by atoms with Crippen LogP contribution in [0.2, 0.25) is 0 Å². The molecule has 0 saturated heterocycles. The van der Waals surface area contributed by atoms with Crippen molar-refractivity contribution in [1.82, 2.24) is 0 Å². The van der Waals surface area contributed by atoms with Gasteiger partial charge in [0.15, 0.2) is 0 Å². The molecule has 0 spiro atoms. The summed E-state index contributed by atoms with van der Waals surface area (Å²) in [5.41, 5.74) is 0. The number of hydrogen-bond acceptors (Lipinski definition) is 3. The van der Waals surface area contributed by atoms with Gasteiger partial charge in [-0.1, -0.05) is 6.92 Å². The Morgan fingerprint density at radius 3 is 2.27 bits per heavy atom. The summed E-state index contributed by atoms with van der Waals surface area (Å²) < 4.78 is 0.850. The fourth-order valence-corrected chi connectivity index (χ4v) is 1.60. The standard InChI is InChI=1S/C7H13NOS2/c1-4-5-6(9)8-7(10-2)11-3/h4-5H2,1-3H3. The Kier molecular flexibility index (Phi) is 6.76. The highest BCUT2D eigenvalue weighted by Gasteiger charge is 1.99. The second kappa shape index (κ2) is 6.73. The third-order valence-electron chi connectivity index (χ3n) is 1.03. The van der Waals surface area contributed by atoms with E-state index in [9.17, 15) is 4.79 Å². The zero-order chi connectivity index (χ0) is 8.69. The molecule has 0 aliphatic heterocycles. The Hall–Kier alpha value is 0.0400. The van der Waals surface area contributed by atoms with E-state index in [1.165, 1.54) is 23.5 Å². The van der Waals surface area contributed by atoms with Crippen molar-refractivity contribution in [3.63, 3.8) is 0 Å².